The van der Waals surface area contributed by atoms with Crippen LogP contribution >= 0.6 is 12.4 Å². The van der Waals surface area contributed by atoms with Crippen molar-refractivity contribution < 1.29 is 8.81 Å². The second kappa shape index (κ2) is 5.65. The maximum atomic E-state index is 13.6. The molecule has 0 saturated heterocycles. The lowest BCUT2D eigenvalue weighted by Gasteiger charge is -2.11. The zero-order valence-corrected chi connectivity index (χ0v) is 13.6. The van der Waals surface area contributed by atoms with Crippen LogP contribution in [0.5, 0.6) is 0 Å². The van der Waals surface area contributed by atoms with Crippen molar-refractivity contribution in [2.24, 2.45) is 5.73 Å². The fraction of sp³-hybridized carbons (Fsp3) is 0.429. The van der Waals surface area contributed by atoms with Crippen molar-refractivity contribution >= 4 is 36.8 Å². The Morgan fingerprint density at radius 1 is 1.26 bits per heavy atom. The number of rotatable bonds is 3. The summed E-state index contributed by atoms with van der Waals surface area (Å²) < 4.78 is 19.5. The third-order valence-electron chi connectivity index (χ3n) is 2.94. The largest absolute Gasteiger partial charge is 0.466 e. The second-order valence-electron chi connectivity index (χ2n) is 6.03. The topological polar surface area (TPSA) is 39.2 Å². The van der Waals surface area contributed by atoms with E-state index in [1.54, 1.807) is 0 Å². The Kier molecular flexibility index (Phi) is 4.82. The highest BCUT2D eigenvalue weighted by atomic mass is 35.5. The number of benzene rings is 1. The molecule has 19 heavy (non-hydrogen) atoms. The van der Waals surface area contributed by atoms with Gasteiger partial charge in [0, 0.05) is 11.4 Å². The summed E-state index contributed by atoms with van der Waals surface area (Å²) in [5.74, 6) is -0.221. The molecule has 1 heterocycles. The molecule has 1 aromatic heterocycles. The van der Waals surface area contributed by atoms with Gasteiger partial charge in [-0.05, 0) is 37.1 Å². The SMILES string of the molecule is CC(N)Cc1cc(F)cc2cc([Si](C)(C)C)oc12.Cl. The summed E-state index contributed by atoms with van der Waals surface area (Å²) in [5, 5.41) is 1.86. The number of furan rings is 1. The number of hydrogen-bond donors (Lipinski definition) is 1. The molecule has 0 aliphatic rings. The minimum Gasteiger partial charge on any atom is -0.466 e. The van der Waals surface area contributed by atoms with Gasteiger partial charge in [0.1, 0.15) is 19.5 Å². The summed E-state index contributed by atoms with van der Waals surface area (Å²) in [7, 11) is -1.52. The van der Waals surface area contributed by atoms with E-state index in [-0.39, 0.29) is 24.3 Å². The summed E-state index contributed by atoms with van der Waals surface area (Å²) in [6.07, 6.45) is 0.632. The summed E-state index contributed by atoms with van der Waals surface area (Å²) in [6.45, 7) is 8.56. The third kappa shape index (κ3) is 3.59. The minimum absolute atomic E-state index is 0. The lowest BCUT2D eigenvalue weighted by Crippen LogP contribution is -2.36. The smallest absolute Gasteiger partial charge is 0.137 e. The van der Waals surface area contributed by atoms with E-state index in [1.807, 2.05) is 13.0 Å². The molecule has 5 heteroatoms. The number of fused-ring (bicyclic) bond motifs is 1. The van der Waals surface area contributed by atoms with Crippen molar-refractivity contribution in [1.82, 2.24) is 0 Å². The van der Waals surface area contributed by atoms with Crippen LogP contribution in [0, 0.1) is 5.82 Å². The molecule has 0 fully saturated rings. The predicted octanol–water partition coefficient (Wildman–Crippen LogP) is 3.43. The molecule has 1 aromatic carbocycles. The first kappa shape index (κ1) is 16.2. The summed E-state index contributed by atoms with van der Waals surface area (Å²) in [5.41, 5.74) is 7.47. The van der Waals surface area contributed by atoms with E-state index >= 15 is 0 Å². The second-order valence-corrected chi connectivity index (χ2v) is 11.0. The summed E-state index contributed by atoms with van der Waals surface area (Å²) in [4.78, 5) is 0. The Bertz CT molecular complexity index is 575. The molecule has 0 aliphatic heterocycles. The Morgan fingerprint density at radius 2 is 1.89 bits per heavy atom. The van der Waals surface area contributed by atoms with Crippen molar-refractivity contribution in [1.29, 1.82) is 0 Å². The van der Waals surface area contributed by atoms with Crippen molar-refractivity contribution in [3.05, 3.63) is 29.6 Å². The van der Waals surface area contributed by atoms with Gasteiger partial charge >= 0.3 is 0 Å². The van der Waals surface area contributed by atoms with Gasteiger partial charge in [-0.25, -0.2) is 4.39 Å². The molecule has 0 aliphatic carbocycles. The van der Waals surface area contributed by atoms with Gasteiger partial charge in [0.2, 0.25) is 0 Å². The maximum Gasteiger partial charge on any atom is 0.137 e. The van der Waals surface area contributed by atoms with E-state index in [2.05, 4.69) is 19.6 Å². The molecule has 1 atom stereocenters. The van der Waals surface area contributed by atoms with Gasteiger partial charge in [0.15, 0.2) is 0 Å². The monoisotopic (exact) mass is 301 g/mol. The van der Waals surface area contributed by atoms with Crippen LogP contribution in [-0.4, -0.2) is 14.1 Å². The lowest BCUT2D eigenvalue weighted by molar-refractivity contribution is 0.613. The van der Waals surface area contributed by atoms with Gasteiger partial charge in [0.05, 0.1) is 5.38 Å². The molecule has 2 N–H and O–H groups in total. The molecule has 106 valence electrons. The van der Waals surface area contributed by atoms with Gasteiger partial charge in [-0.1, -0.05) is 19.6 Å². The highest BCUT2D eigenvalue weighted by Gasteiger charge is 2.22. The van der Waals surface area contributed by atoms with Crippen LogP contribution in [0.15, 0.2) is 22.6 Å². The standard InChI is InChI=1S/C14H20FNOSi.ClH/c1-9(16)5-10-6-12(15)7-11-8-13(17-14(10)11)18(2,3)4;/h6-9H,5,16H2,1-4H3;1H. The van der Waals surface area contributed by atoms with Crippen molar-refractivity contribution in [3.63, 3.8) is 0 Å². The van der Waals surface area contributed by atoms with Crippen LogP contribution in [0.4, 0.5) is 4.39 Å². The van der Waals surface area contributed by atoms with Crippen LogP contribution < -0.4 is 11.1 Å². The average Bonchev–Trinajstić information content (AvgIpc) is 2.59. The molecule has 0 spiro atoms. The molecule has 0 amide bonds. The Labute approximate surface area is 120 Å². The summed E-state index contributed by atoms with van der Waals surface area (Å²) in [6, 6.07) is 5.04. The zero-order valence-electron chi connectivity index (χ0n) is 11.8. The third-order valence-corrected chi connectivity index (χ3v) is 4.66. The number of halogens is 2. The van der Waals surface area contributed by atoms with Crippen LogP contribution in [0.3, 0.4) is 0 Å². The van der Waals surface area contributed by atoms with Crippen LogP contribution in [0.25, 0.3) is 11.0 Å². The first-order valence-corrected chi connectivity index (χ1v) is 9.75. The van der Waals surface area contributed by atoms with E-state index in [0.29, 0.717) is 6.42 Å². The quantitative estimate of drug-likeness (QED) is 0.882. The normalized spacial score (nSPS) is 13.4. The molecule has 2 rings (SSSR count). The molecular formula is C14H21ClFNOSi. The van der Waals surface area contributed by atoms with Crippen molar-refractivity contribution in [2.75, 3.05) is 0 Å². The minimum atomic E-state index is -1.52. The van der Waals surface area contributed by atoms with E-state index < -0.39 is 8.07 Å². The maximum absolute atomic E-state index is 13.6. The lowest BCUT2D eigenvalue weighted by atomic mass is 10.1. The van der Waals surface area contributed by atoms with Crippen LogP contribution in [0.1, 0.15) is 12.5 Å². The van der Waals surface area contributed by atoms with Crippen molar-refractivity contribution in [2.45, 2.75) is 39.0 Å². The number of hydrogen-bond acceptors (Lipinski definition) is 2. The first-order chi connectivity index (χ1) is 8.27. The van der Waals surface area contributed by atoms with Gasteiger partial charge in [-0.3, -0.25) is 0 Å². The molecule has 0 bridgehead atoms. The fourth-order valence-electron chi connectivity index (χ4n) is 2.05. The van der Waals surface area contributed by atoms with Crippen molar-refractivity contribution in [3.8, 4) is 0 Å². The van der Waals surface area contributed by atoms with E-state index in [4.69, 9.17) is 10.2 Å². The highest BCUT2D eigenvalue weighted by Crippen LogP contribution is 2.23. The highest BCUT2D eigenvalue weighted by molar-refractivity contribution is 6.87. The summed E-state index contributed by atoms with van der Waals surface area (Å²) >= 11 is 0. The molecule has 0 radical (unpaired) electrons. The van der Waals surface area contributed by atoms with Crippen LogP contribution in [-0.2, 0) is 6.42 Å². The molecular weight excluding hydrogens is 281 g/mol. The van der Waals surface area contributed by atoms with Gasteiger partial charge in [-0.15, -0.1) is 12.4 Å². The van der Waals surface area contributed by atoms with Gasteiger partial charge < -0.3 is 10.2 Å². The van der Waals surface area contributed by atoms with Gasteiger partial charge in [-0.2, -0.15) is 0 Å². The fourth-order valence-corrected chi connectivity index (χ4v) is 3.05. The molecule has 1 unspecified atom stereocenters. The Balaban J connectivity index is 0.00000180. The Hall–Kier alpha value is -0.843. The Morgan fingerprint density at radius 3 is 2.42 bits per heavy atom. The van der Waals surface area contributed by atoms with E-state index in [1.165, 1.54) is 12.1 Å². The van der Waals surface area contributed by atoms with E-state index in [9.17, 15) is 4.39 Å². The predicted molar refractivity (Wildman–Crippen MR) is 83.8 cm³/mol. The average molecular weight is 302 g/mol. The number of nitrogens with two attached hydrogens (primary N) is 1. The zero-order chi connectivity index (χ0) is 13.5. The first-order valence-electron chi connectivity index (χ1n) is 6.25. The molecule has 0 saturated carbocycles. The molecule has 2 aromatic rings. The van der Waals surface area contributed by atoms with Gasteiger partial charge in [0.25, 0.3) is 0 Å². The van der Waals surface area contributed by atoms with Crippen LogP contribution in [0.2, 0.25) is 19.6 Å². The van der Waals surface area contributed by atoms with E-state index in [0.717, 1.165) is 21.9 Å². The molecule has 2 nitrogen and oxygen atoms in total.